The smallest absolute Gasteiger partial charge is 0.177 e. The minimum Gasteiger partial charge on any atom is -0.298 e. The Balaban J connectivity index is 2.85. The molecule has 2 rings (SSSR count). The molecule has 0 aliphatic heterocycles. The van der Waals surface area contributed by atoms with Crippen molar-refractivity contribution >= 4 is 27.7 Å². The number of aryl methyl sites for hydroxylation is 1. The first kappa shape index (κ1) is 8.38. The fourth-order valence-electron chi connectivity index (χ4n) is 1.36. The molecule has 0 atom stereocenters. The largest absolute Gasteiger partial charge is 0.298 e. The van der Waals surface area contributed by atoms with E-state index in [1.54, 1.807) is 12.1 Å². The molecule has 0 N–H and O–H groups in total. The maximum Gasteiger partial charge on any atom is 0.177 e. The Morgan fingerprint density at radius 2 is 2.23 bits per heavy atom. The fraction of sp³-hybridized carbons (Fsp3) is 0.100. The predicted octanol–water partition coefficient (Wildman–Crippen LogP) is 3.16. The summed E-state index contributed by atoms with van der Waals surface area (Å²) < 4.78 is 13.8. The van der Waals surface area contributed by atoms with Crippen LogP contribution >= 0.6 is 11.3 Å². The molecule has 0 unspecified atom stereocenters. The topological polar surface area (TPSA) is 17.1 Å². The fourth-order valence-corrected chi connectivity index (χ4v) is 2.21. The SMILES string of the molecule is Cc1c(C=O)ccc2sc(F)cc12. The first-order valence-corrected chi connectivity index (χ1v) is 4.68. The van der Waals surface area contributed by atoms with E-state index >= 15 is 0 Å². The van der Waals surface area contributed by atoms with Crippen LogP contribution in [0, 0.1) is 12.1 Å². The predicted molar refractivity (Wildman–Crippen MR) is 51.9 cm³/mol. The highest BCUT2D eigenvalue weighted by Gasteiger charge is 2.06. The molecule has 0 bridgehead atoms. The molecule has 0 aliphatic rings. The summed E-state index contributed by atoms with van der Waals surface area (Å²) in [5.74, 6) is 0. The van der Waals surface area contributed by atoms with E-state index in [0.29, 0.717) is 5.56 Å². The Bertz CT molecular complexity index is 473. The number of benzene rings is 1. The lowest BCUT2D eigenvalue weighted by Gasteiger charge is -1.98. The quantitative estimate of drug-likeness (QED) is 0.637. The number of carbonyl (C=O) groups excluding carboxylic acids is 1. The standard InChI is InChI=1S/C10H7FOS/c1-6-7(5-12)2-3-9-8(6)4-10(11)13-9/h2-5H,1H3. The third-order valence-corrected chi connectivity index (χ3v) is 3.00. The van der Waals surface area contributed by atoms with Gasteiger partial charge in [-0.15, -0.1) is 11.3 Å². The number of carbonyl (C=O) groups is 1. The van der Waals surface area contributed by atoms with Gasteiger partial charge in [-0.25, -0.2) is 0 Å². The molecular formula is C10H7FOS. The van der Waals surface area contributed by atoms with Crippen LogP contribution in [0.5, 0.6) is 0 Å². The number of rotatable bonds is 1. The highest BCUT2D eigenvalue weighted by Crippen LogP contribution is 2.28. The Hall–Kier alpha value is -1.22. The van der Waals surface area contributed by atoms with E-state index in [9.17, 15) is 9.18 Å². The number of thiophene rings is 1. The van der Waals surface area contributed by atoms with E-state index in [2.05, 4.69) is 0 Å². The Morgan fingerprint density at radius 1 is 1.46 bits per heavy atom. The number of fused-ring (bicyclic) bond motifs is 1. The van der Waals surface area contributed by atoms with E-state index < -0.39 is 0 Å². The van der Waals surface area contributed by atoms with Gasteiger partial charge in [0, 0.05) is 10.3 Å². The third kappa shape index (κ3) is 1.25. The van der Waals surface area contributed by atoms with Gasteiger partial charge < -0.3 is 0 Å². The van der Waals surface area contributed by atoms with Crippen molar-refractivity contribution in [3.63, 3.8) is 0 Å². The summed E-state index contributed by atoms with van der Waals surface area (Å²) in [6.07, 6.45) is 0.796. The molecule has 3 heteroatoms. The summed E-state index contributed by atoms with van der Waals surface area (Å²) in [5.41, 5.74) is 1.48. The van der Waals surface area contributed by atoms with Crippen molar-refractivity contribution in [3.8, 4) is 0 Å². The Morgan fingerprint density at radius 3 is 2.92 bits per heavy atom. The maximum absolute atomic E-state index is 12.9. The van der Waals surface area contributed by atoms with Crippen molar-refractivity contribution in [1.29, 1.82) is 0 Å². The molecule has 0 aliphatic carbocycles. The first-order chi connectivity index (χ1) is 6.22. The van der Waals surface area contributed by atoms with Crippen LogP contribution in [0.15, 0.2) is 18.2 Å². The lowest BCUT2D eigenvalue weighted by Crippen LogP contribution is -1.84. The zero-order chi connectivity index (χ0) is 9.42. The van der Waals surface area contributed by atoms with E-state index in [1.807, 2.05) is 6.92 Å². The van der Waals surface area contributed by atoms with Crippen LogP contribution in [0.1, 0.15) is 15.9 Å². The van der Waals surface area contributed by atoms with E-state index in [0.717, 1.165) is 33.3 Å². The summed E-state index contributed by atoms with van der Waals surface area (Å²) in [5, 5.41) is 0.633. The molecule has 13 heavy (non-hydrogen) atoms. The number of aldehydes is 1. The molecule has 1 aromatic carbocycles. The van der Waals surface area contributed by atoms with Crippen molar-refractivity contribution in [2.24, 2.45) is 0 Å². The zero-order valence-corrected chi connectivity index (χ0v) is 7.82. The van der Waals surface area contributed by atoms with Gasteiger partial charge in [0.15, 0.2) is 5.13 Å². The lowest BCUT2D eigenvalue weighted by atomic mass is 10.1. The lowest BCUT2D eigenvalue weighted by molar-refractivity contribution is 0.112. The highest BCUT2D eigenvalue weighted by atomic mass is 32.1. The second-order valence-corrected chi connectivity index (χ2v) is 3.89. The summed E-state index contributed by atoms with van der Waals surface area (Å²) in [4.78, 5) is 10.6. The minimum absolute atomic E-state index is 0.207. The van der Waals surface area contributed by atoms with Crippen LogP contribution in [-0.4, -0.2) is 6.29 Å². The molecule has 66 valence electrons. The van der Waals surface area contributed by atoms with Crippen LogP contribution < -0.4 is 0 Å². The van der Waals surface area contributed by atoms with Gasteiger partial charge in [-0.3, -0.25) is 4.79 Å². The Labute approximate surface area is 78.8 Å². The van der Waals surface area contributed by atoms with Crippen LogP contribution in [0.2, 0.25) is 0 Å². The van der Waals surface area contributed by atoms with Crippen molar-refractivity contribution in [2.75, 3.05) is 0 Å². The molecule has 1 heterocycles. The molecule has 0 saturated carbocycles. The van der Waals surface area contributed by atoms with Crippen molar-refractivity contribution < 1.29 is 9.18 Å². The van der Waals surface area contributed by atoms with Crippen molar-refractivity contribution in [2.45, 2.75) is 6.92 Å². The van der Waals surface area contributed by atoms with Gasteiger partial charge in [-0.2, -0.15) is 4.39 Å². The summed E-state index contributed by atoms with van der Waals surface area (Å²) >= 11 is 1.10. The van der Waals surface area contributed by atoms with Crippen LogP contribution in [0.4, 0.5) is 4.39 Å². The average Bonchev–Trinajstić information content (AvgIpc) is 2.47. The van der Waals surface area contributed by atoms with Gasteiger partial charge >= 0.3 is 0 Å². The van der Waals surface area contributed by atoms with Crippen LogP contribution in [0.25, 0.3) is 10.1 Å². The number of hydrogen-bond acceptors (Lipinski definition) is 2. The molecular weight excluding hydrogens is 187 g/mol. The van der Waals surface area contributed by atoms with Gasteiger partial charge in [-0.1, -0.05) is 0 Å². The van der Waals surface area contributed by atoms with E-state index in [1.165, 1.54) is 6.07 Å². The second-order valence-electron chi connectivity index (χ2n) is 2.86. The molecule has 0 radical (unpaired) electrons. The number of hydrogen-bond donors (Lipinski definition) is 0. The Kier molecular flexibility index (Phi) is 1.88. The van der Waals surface area contributed by atoms with Gasteiger partial charge in [-0.05, 0) is 36.1 Å². The molecule has 1 nitrogen and oxygen atoms in total. The maximum atomic E-state index is 12.9. The molecule has 1 aromatic heterocycles. The van der Waals surface area contributed by atoms with Gasteiger partial charge in [0.25, 0.3) is 0 Å². The van der Waals surface area contributed by atoms with Gasteiger partial charge in [0.2, 0.25) is 0 Å². The van der Waals surface area contributed by atoms with Crippen molar-refractivity contribution in [3.05, 3.63) is 34.5 Å². The minimum atomic E-state index is -0.207. The molecule has 0 fully saturated rings. The van der Waals surface area contributed by atoms with E-state index in [-0.39, 0.29) is 5.13 Å². The molecule has 2 aromatic rings. The summed E-state index contributed by atoms with van der Waals surface area (Å²) in [6.45, 7) is 1.83. The number of halogens is 1. The third-order valence-electron chi connectivity index (χ3n) is 2.11. The summed E-state index contributed by atoms with van der Waals surface area (Å²) in [7, 11) is 0. The molecule has 0 spiro atoms. The van der Waals surface area contributed by atoms with E-state index in [4.69, 9.17) is 0 Å². The van der Waals surface area contributed by atoms with Crippen molar-refractivity contribution in [1.82, 2.24) is 0 Å². The molecule has 0 amide bonds. The first-order valence-electron chi connectivity index (χ1n) is 3.86. The summed E-state index contributed by atoms with van der Waals surface area (Å²) in [6, 6.07) is 4.97. The second kappa shape index (κ2) is 2.92. The monoisotopic (exact) mass is 194 g/mol. The highest BCUT2D eigenvalue weighted by molar-refractivity contribution is 7.17. The normalized spacial score (nSPS) is 10.6. The average molecular weight is 194 g/mol. The molecule has 0 saturated heterocycles. The van der Waals surface area contributed by atoms with Crippen LogP contribution in [0.3, 0.4) is 0 Å². The zero-order valence-electron chi connectivity index (χ0n) is 7.00. The van der Waals surface area contributed by atoms with Crippen LogP contribution in [-0.2, 0) is 0 Å². The van der Waals surface area contributed by atoms with Gasteiger partial charge in [0.05, 0.1) is 0 Å². The van der Waals surface area contributed by atoms with Gasteiger partial charge in [0.1, 0.15) is 6.29 Å².